The highest BCUT2D eigenvalue weighted by molar-refractivity contribution is 6.31. The molecule has 4 aromatic rings. The van der Waals surface area contributed by atoms with E-state index in [1.807, 2.05) is 97.1 Å². The van der Waals surface area contributed by atoms with Gasteiger partial charge in [0, 0.05) is 28.5 Å². The zero-order chi connectivity index (χ0) is 24.2. The highest BCUT2D eigenvalue weighted by atomic mass is 35.5. The number of halogens is 1. The van der Waals surface area contributed by atoms with Crippen molar-refractivity contribution in [2.24, 2.45) is 0 Å². The second-order valence-electron chi connectivity index (χ2n) is 8.47. The van der Waals surface area contributed by atoms with Gasteiger partial charge in [-0.2, -0.15) is 0 Å². The van der Waals surface area contributed by atoms with Crippen molar-refractivity contribution < 1.29 is 14.3 Å². The van der Waals surface area contributed by atoms with Gasteiger partial charge in [-0.25, -0.2) is 4.79 Å². The molecule has 0 aromatic heterocycles. The molecule has 1 aliphatic heterocycles. The molecule has 0 bridgehead atoms. The number of hydrogen-bond donors (Lipinski definition) is 0. The highest BCUT2D eigenvalue weighted by Gasteiger charge is 2.42. The number of rotatable bonds is 7. The molecule has 3 nitrogen and oxygen atoms in total. The molecule has 0 fully saturated rings. The van der Waals surface area contributed by atoms with Gasteiger partial charge in [-0.15, -0.1) is 0 Å². The van der Waals surface area contributed by atoms with Crippen LogP contribution in [0.15, 0.2) is 115 Å². The third-order valence-electron chi connectivity index (χ3n) is 6.31. The Morgan fingerprint density at radius 3 is 1.91 bits per heavy atom. The van der Waals surface area contributed by atoms with Crippen LogP contribution in [-0.4, -0.2) is 17.9 Å². The lowest BCUT2D eigenvalue weighted by Crippen LogP contribution is -2.24. The van der Waals surface area contributed by atoms with Gasteiger partial charge in [0.1, 0.15) is 6.10 Å². The molecule has 0 spiro atoms. The molecule has 4 aromatic carbocycles. The first-order valence-corrected chi connectivity index (χ1v) is 11.9. The number of carbonyl (C=O) groups is 2. The summed E-state index contributed by atoms with van der Waals surface area (Å²) in [5.41, 5.74) is 4.34. The number of esters is 1. The number of benzene rings is 4. The molecule has 0 saturated carbocycles. The topological polar surface area (TPSA) is 43.4 Å². The summed E-state index contributed by atoms with van der Waals surface area (Å²) in [5.74, 6) is -0.895. The van der Waals surface area contributed by atoms with E-state index in [2.05, 4.69) is 0 Å². The molecule has 2 atom stereocenters. The van der Waals surface area contributed by atoms with Gasteiger partial charge in [0.05, 0.1) is 5.57 Å². The predicted molar refractivity (Wildman–Crippen MR) is 139 cm³/mol. The maximum atomic E-state index is 13.4. The summed E-state index contributed by atoms with van der Waals surface area (Å²) < 4.78 is 6.08. The Bertz CT molecular complexity index is 1380. The summed E-state index contributed by atoms with van der Waals surface area (Å²) in [6, 6.07) is 35.9. The Labute approximate surface area is 209 Å². The van der Waals surface area contributed by atoms with Crippen LogP contribution in [0.25, 0.3) is 11.1 Å². The SMILES string of the molecule is O=C1O[C@@H]([C@@H](CC(=O)c2ccccc2)c2ccccc2Cl)C(c2ccccc2)=C1c1ccccc1. The largest absolute Gasteiger partial charge is 0.453 e. The van der Waals surface area contributed by atoms with Gasteiger partial charge in [-0.3, -0.25) is 4.79 Å². The van der Waals surface area contributed by atoms with Crippen LogP contribution in [0.4, 0.5) is 0 Å². The Balaban J connectivity index is 1.67. The first-order valence-electron chi connectivity index (χ1n) is 11.5. The number of ether oxygens (including phenoxy) is 1. The molecule has 0 aliphatic carbocycles. The van der Waals surface area contributed by atoms with E-state index in [1.165, 1.54) is 0 Å². The van der Waals surface area contributed by atoms with Crippen molar-refractivity contribution >= 4 is 34.5 Å². The van der Waals surface area contributed by atoms with Gasteiger partial charge in [0.15, 0.2) is 5.78 Å². The molecule has 172 valence electrons. The molecule has 4 heteroatoms. The Morgan fingerprint density at radius 2 is 1.29 bits per heavy atom. The maximum absolute atomic E-state index is 13.4. The van der Waals surface area contributed by atoms with Crippen LogP contribution in [0.2, 0.25) is 5.02 Å². The summed E-state index contributed by atoms with van der Waals surface area (Å²) in [5, 5.41) is 0.537. The minimum Gasteiger partial charge on any atom is -0.453 e. The van der Waals surface area contributed by atoms with Crippen molar-refractivity contribution in [3.63, 3.8) is 0 Å². The van der Waals surface area contributed by atoms with Crippen LogP contribution >= 0.6 is 11.6 Å². The first kappa shape index (κ1) is 22.8. The number of cyclic esters (lactones) is 1. The Hall–Kier alpha value is -3.95. The zero-order valence-corrected chi connectivity index (χ0v) is 19.7. The van der Waals surface area contributed by atoms with E-state index < -0.39 is 18.0 Å². The maximum Gasteiger partial charge on any atom is 0.339 e. The minimum atomic E-state index is -0.673. The molecule has 5 rings (SSSR count). The summed E-state index contributed by atoms with van der Waals surface area (Å²) in [6.45, 7) is 0. The molecule has 0 N–H and O–H groups in total. The second kappa shape index (κ2) is 10.1. The molecule has 0 amide bonds. The summed E-state index contributed by atoms with van der Waals surface area (Å²) in [6.07, 6.45) is -0.531. The van der Waals surface area contributed by atoms with Gasteiger partial charge in [0.25, 0.3) is 0 Å². The van der Waals surface area contributed by atoms with Crippen LogP contribution in [0.3, 0.4) is 0 Å². The molecule has 35 heavy (non-hydrogen) atoms. The number of carbonyl (C=O) groups excluding carboxylic acids is 2. The average molecular weight is 479 g/mol. The minimum absolute atomic E-state index is 0.0351. The fourth-order valence-electron chi connectivity index (χ4n) is 4.67. The average Bonchev–Trinajstić information content (AvgIpc) is 3.26. The highest BCUT2D eigenvalue weighted by Crippen LogP contribution is 2.45. The Kier molecular flexibility index (Phi) is 6.60. The lowest BCUT2D eigenvalue weighted by molar-refractivity contribution is -0.138. The van der Waals surface area contributed by atoms with Gasteiger partial charge >= 0.3 is 5.97 Å². The van der Waals surface area contributed by atoms with Crippen LogP contribution in [0.5, 0.6) is 0 Å². The van der Waals surface area contributed by atoms with Crippen molar-refractivity contribution in [3.05, 3.63) is 143 Å². The van der Waals surface area contributed by atoms with E-state index in [9.17, 15) is 9.59 Å². The van der Waals surface area contributed by atoms with E-state index in [1.54, 1.807) is 18.2 Å². The second-order valence-corrected chi connectivity index (χ2v) is 8.88. The van der Waals surface area contributed by atoms with Gasteiger partial charge in [0.2, 0.25) is 0 Å². The van der Waals surface area contributed by atoms with E-state index in [0.29, 0.717) is 16.2 Å². The molecule has 0 unspecified atom stereocenters. The number of Topliss-reactive ketones (excluding diaryl/α,β-unsaturated/α-hetero) is 1. The molecular formula is C31H23ClO3. The standard InChI is InChI=1S/C31H23ClO3/c32-26-19-11-10-18-24(26)25(20-27(33)21-12-4-1-5-13-21)30-28(22-14-6-2-7-15-22)29(31(34)35-30)23-16-8-3-9-17-23/h1-19,25,30H,20H2/t25-,30-/m0/s1. The van der Waals surface area contributed by atoms with Gasteiger partial charge in [-0.05, 0) is 22.8 Å². The third-order valence-corrected chi connectivity index (χ3v) is 6.65. The molecule has 0 saturated heterocycles. The fraction of sp³-hybridized carbons (Fsp3) is 0.0968. The summed E-state index contributed by atoms with van der Waals surface area (Å²) in [4.78, 5) is 26.7. The van der Waals surface area contributed by atoms with Gasteiger partial charge in [-0.1, -0.05) is 121 Å². The van der Waals surface area contributed by atoms with Crippen molar-refractivity contribution in [2.45, 2.75) is 18.4 Å². The summed E-state index contributed by atoms with van der Waals surface area (Å²) in [7, 11) is 0. The van der Waals surface area contributed by atoms with E-state index >= 15 is 0 Å². The van der Waals surface area contributed by atoms with E-state index in [4.69, 9.17) is 16.3 Å². The van der Waals surface area contributed by atoms with Gasteiger partial charge < -0.3 is 4.74 Å². The Morgan fingerprint density at radius 1 is 0.743 bits per heavy atom. The lowest BCUT2D eigenvalue weighted by Gasteiger charge is -2.26. The van der Waals surface area contributed by atoms with Crippen LogP contribution in [0.1, 0.15) is 39.4 Å². The van der Waals surface area contributed by atoms with E-state index in [0.717, 1.165) is 22.3 Å². The third kappa shape index (κ3) is 4.68. The quantitative estimate of drug-likeness (QED) is 0.208. The molecule has 0 radical (unpaired) electrons. The van der Waals surface area contributed by atoms with Crippen molar-refractivity contribution in [1.29, 1.82) is 0 Å². The first-order chi connectivity index (χ1) is 17.1. The molecular weight excluding hydrogens is 456 g/mol. The molecule has 1 heterocycles. The lowest BCUT2D eigenvalue weighted by atomic mass is 9.81. The fourth-order valence-corrected chi connectivity index (χ4v) is 4.95. The van der Waals surface area contributed by atoms with Crippen LogP contribution in [0, 0.1) is 0 Å². The zero-order valence-electron chi connectivity index (χ0n) is 18.9. The predicted octanol–water partition coefficient (Wildman–Crippen LogP) is 7.23. The number of hydrogen-bond acceptors (Lipinski definition) is 3. The van der Waals surface area contributed by atoms with Crippen molar-refractivity contribution in [1.82, 2.24) is 0 Å². The van der Waals surface area contributed by atoms with Crippen molar-refractivity contribution in [2.75, 3.05) is 0 Å². The summed E-state index contributed by atoms with van der Waals surface area (Å²) >= 11 is 6.64. The van der Waals surface area contributed by atoms with Crippen molar-refractivity contribution in [3.8, 4) is 0 Å². The number of ketones is 1. The van der Waals surface area contributed by atoms with Crippen LogP contribution in [-0.2, 0) is 9.53 Å². The monoisotopic (exact) mass is 478 g/mol. The van der Waals surface area contributed by atoms with Crippen LogP contribution < -0.4 is 0 Å². The molecule has 1 aliphatic rings. The normalized spacial score (nSPS) is 16.1. The van der Waals surface area contributed by atoms with E-state index in [-0.39, 0.29) is 12.2 Å². The smallest absolute Gasteiger partial charge is 0.339 e.